The average Bonchev–Trinajstić information content (AvgIpc) is 2.10. The van der Waals surface area contributed by atoms with Gasteiger partial charge in [-0.1, -0.05) is 12.8 Å². The quantitative estimate of drug-likeness (QED) is 0.457. The lowest BCUT2D eigenvalue weighted by Crippen LogP contribution is -1.97. The van der Waals surface area contributed by atoms with E-state index in [2.05, 4.69) is 5.92 Å². The second kappa shape index (κ2) is 2.36. The smallest absolute Gasteiger partial charge is 0.0471 e. The van der Waals surface area contributed by atoms with Crippen molar-refractivity contribution in [3.63, 3.8) is 0 Å². The summed E-state index contributed by atoms with van der Waals surface area (Å²) in [7, 11) is -0.787. The molecule has 0 aromatic rings. The average molecular weight is 140 g/mol. The van der Waals surface area contributed by atoms with Crippen LogP contribution in [0.4, 0.5) is 0 Å². The highest BCUT2D eigenvalue weighted by Gasteiger charge is 2.17. The molecular formula is C7H8OS. The standard InChI is InChI=1S/C7H8OS/c1-3-7-5-9(8)4-6(7)2/h1,5-6H,4H2,2H3. The monoisotopic (exact) mass is 140 g/mol. The summed E-state index contributed by atoms with van der Waals surface area (Å²) in [4.78, 5) is 0. The molecule has 1 aliphatic heterocycles. The maximum Gasteiger partial charge on any atom is 0.0471 e. The fraction of sp³-hybridized carbons (Fsp3) is 0.429. The number of allylic oxidation sites excluding steroid dienone is 1. The summed E-state index contributed by atoms with van der Waals surface area (Å²) < 4.78 is 10.8. The molecule has 0 saturated heterocycles. The fourth-order valence-corrected chi connectivity index (χ4v) is 2.17. The van der Waals surface area contributed by atoms with E-state index in [4.69, 9.17) is 6.42 Å². The maximum atomic E-state index is 10.8. The van der Waals surface area contributed by atoms with Gasteiger partial charge in [0.2, 0.25) is 0 Å². The van der Waals surface area contributed by atoms with Gasteiger partial charge in [-0.15, -0.1) is 6.42 Å². The Morgan fingerprint density at radius 1 is 2.00 bits per heavy atom. The van der Waals surface area contributed by atoms with Gasteiger partial charge < -0.3 is 0 Å². The van der Waals surface area contributed by atoms with Gasteiger partial charge in [-0.05, 0) is 0 Å². The van der Waals surface area contributed by atoms with Crippen LogP contribution in [0.5, 0.6) is 0 Å². The summed E-state index contributed by atoms with van der Waals surface area (Å²) in [6, 6.07) is 0. The second-order valence-electron chi connectivity index (χ2n) is 2.17. The largest absolute Gasteiger partial charge is 0.255 e. The third kappa shape index (κ3) is 1.22. The molecule has 1 rings (SSSR count). The van der Waals surface area contributed by atoms with Crippen LogP contribution < -0.4 is 0 Å². The van der Waals surface area contributed by atoms with Gasteiger partial charge in [-0.2, -0.15) is 0 Å². The summed E-state index contributed by atoms with van der Waals surface area (Å²) in [5.41, 5.74) is 0.897. The molecule has 0 spiro atoms. The van der Waals surface area contributed by atoms with Crippen molar-refractivity contribution in [2.24, 2.45) is 5.92 Å². The molecule has 1 aliphatic rings. The Kier molecular flexibility index (Phi) is 1.73. The molecular weight excluding hydrogens is 132 g/mol. The Hall–Kier alpha value is -0.550. The molecule has 0 bridgehead atoms. The third-order valence-corrected chi connectivity index (χ3v) is 2.72. The predicted octanol–water partition coefficient (Wildman–Crippen LogP) is 0.902. The maximum absolute atomic E-state index is 10.8. The van der Waals surface area contributed by atoms with Crippen molar-refractivity contribution in [2.75, 3.05) is 5.75 Å². The van der Waals surface area contributed by atoms with Gasteiger partial charge in [-0.3, -0.25) is 4.21 Å². The Morgan fingerprint density at radius 3 is 2.89 bits per heavy atom. The first-order valence-electron chi connectivity index (χ1n) is 2.79. The van der Waals surface area contributed by atoms with E-state index in [1.54, 1.807) is 5.41 Å². The van der Waals surface area contributed by atoms with Crippen LogP contribution in [0, 0.1) is 18.3 Å². The molecule has 0 aliphatic carbocycles. The van der Waals surface area contributed by atoms with Crippen LogP contribution in [0.1, 0.15) is 6.92 Å². The molecule has 48 valence electrons. The summed E-state index contributed by atoms with van der Waals surface area (Å²) in [6.07, 6.45) is 5.13. The van der Waals surface area contributed by atoms with Crippen molar-refractivity contribution >= 4 is 10.8 Å². The fourth-order valence-electron chi connectivity index (χ4n) is 0.818. The van der Waals surface area contributed by atoms with Crippen molar-refractivity contribution < 1.29 is 4.21 Å². The summed E-state index contributed by atoms with van der Waals surface area (Å²) >= 11 is 0. The first-order chi connectivity index (χ1) is 4.24. The molecule has 2 heteroatoms. The van der Waals surface area contributed by atoms with E-state index < -0.39 is 10.8 Å². The second-order valence-corrected chi connectivity index (χ2v) is 3.50. The van der Waals surface area contributed by atoms with Crippen molar-refractivity contribution in [3.8, 4) is 12.3 Å². The van der Waals surface area contributed by atoms with Crippen molar-refractivity contribution in [2.45, 2.75) is 6.92 Å². The first kappa shape index (κ1) is 6.57. The highest BCUT2D eigenvalue weighted by atomic mass is 32.2. The highest BCUT2D eigenvalue weighted by Crippen LogP contribution is 2.18. The van der Waals surface area contributed by atoms with E-state index in [1.165, 1.54) is 0 Å². The molecule has 0 N–H and O–H groups in total. The van der Waals surface area contributed by atoms with Crippen LogP contribution in [-0.2, 0) is 10.8 Å². The lowest BCUT2D eigenvalue weighted by Gasteiger charge is -1.96. The molecule has 0 radical (unpaired) electrons. The van der Waals surface area contributed by atoms with Gasteiger partial charge in [0, 0.05) is 33.5 Å². The lowest BCUT2D eigenvalue weighted by atomic mass is 10.1. The molecule has 0 aromatic carbocycles. The van der Waals surface area contributed by atoms with Crippen LogP contribution in [0.25, 0.3) is 0 Å². The Bertz CT molecular complexity index is 209. The van der Waals surface area contributed by atoms with Gasteiger partial charge in [0.05, 0.1) is 0 Å². The summed E-state index contributed by atoms with van der Waals surface area (Å²) in [5.74, 6) is 3.55. The molecule has 0 saturated carbocycles. The first-order valence-corrected chi connectivity index (χ1v) is 4.17. The molecule has 1 heterocycles. The van der Waals surface area contributed by atoms with Gasteiger partial charge >= 0.3 is 0 Å². The number of rotatable bonds is 0. The van der Waals surface area contributed by atoms with Crippen molar-refractivity contribution in [3.05, 3.63) is 11.0 Å². The topological polar surface area (TPSA) is 17.1 Å². The Balaban J connectivity index is 2.84. The van der Waals surface area contributed by atoms with Gasteiger partial charge in [0.25, 0.3) is 0 Å². The molecule has 2 atom stereocenters. The van der Waals surface area contributed by atoms with Crippen LogP contribution >= 0.6 is 0 Å². The SMILES string of the molecule is C#CC1=CS(=O)CC1C. The van der Waals surface area contributed by atoms with E-state index in [9.17, 15) is 4.21 Å². The Labute approximate surface area is 57.6 Å². The normalized spacial score (nSPS) is 33.6. The number of hydrogen-bond donors (Lipinski definition) is 0. The van der Waals surface area contributed by atoms with Gasteiger partial charge in [0.15, 0.2) is 0 Å². The summed E-state index contributed by atoms with van der Waals surface area (Å²) in [5, 5.41) is 1.67. The minimum Gasteiger partial charge on any atom is -0.255 e. The van der Waals surface area contributed by atoms with E-state index in [0.29, 0.717) is 11.7 Å². The highest BCUT2D eigenvalue weighted by molar-refractivity contribution is 7.88. The zero-order chi connectivity index (χ0) is 6.85. The predicted molar refractivity (Wildman–Crippen MR) is 39.1 cm³/mol. The number of terminal acetylenes is 1. The Morgan fingerprint density at radius 2 is 2.67 bits per heavy atom. The van der Waals surface area contributed by atoms with Crippen LogP contribution in [0.3, 0.4) is 0 Å². The van der Waals surface area contributed by atoms with Crippen LogP contribution in [0.15, 0.2) is 11.0 Å². The number of hydrogen-bond acceptors (Lipinski definition) is 1. The molecule has 0 amide bonds. The molecule has 1 nitrogen and oxygen atoms in total. The zero-order valence-corrected chi connectivity index (χ0v) is 6.07. The van der Waals surface area contributed by atoms with Crippen molar-refractivity contribution in [1.82, 2.24) is 0 Å². The minimum absolute atomic E-state index is 0.329. The molecule has 9 heavy (non-hydrogen) atoms. The molecule has 0 fully saturated rings. The van der Waals surface area contributed by atoms with Crippen molar-refractivity contribution in [1.29, 1.82) is 0 Å². The third-order valence-electron chi connectivity index (χ3n) is 1.37. The van der Waals surface area contributed by atoms with Gasteiger partial charge in [-0.25, -0.2) is 0 Å². The molecule has 0 aromatic heterocycles. The lowest BCUT2D eigenvalue weighted by molar-refractivity contribution is 0.684. The zero-order valence-electron chi connectivity index (χ0n) is 5.26. The molecule has 2 unspecified atom stereocenters. The minimum atomic E-state index is -0.787. The van der Waals surface area contributed by atoms with Gasteiger partial charge in [0.1, 0.15) is 0 Å². The van der Waals surface area contributed by atoms with E-state index in [1.807, 2.05) is 6.92 Å². The van der Waals surface area contributed by atoms with E-state index in [-0.39, 0.29) is 0 Å². The van der Waals surface area contributed by atoms with E-state index >= 15 is 0 Å². The summed E-state index contributed by atoms with van der Waals surface area (Å²) in [6.45, 7) is 2.00. The van der Waals surface area contributed by atoms with Crippen LogP contribution in [0.2, 0.25) is 0 Å². The van der Waals surface area contributed by atoms with E-state index in [0.717, 1.165) is 5.57 Å². The van der Waals surface area contributed by atoms with Crippen LogP contribution in [-0.4, -0.2) is 9.96 Å².